The van der Waals surface area contributed by atoms with Gasteiger partial charge in [-0.1, -0.05) is 0 Å². The molecule has 58 valence electrons. The Labute approximate surface area is 71.7 Å². The molecule has 0 unspecified atom stereocenters. The average molecular weight is 336 g/mol. The molecule has 0 heterocycles. The molecule has 0 atom stereocenters. The average Bonchev–Trinajstić information content (AvgIpc) is 1.88. The van der Waals surface area contributed by atoms with E-state index in [9.17, 15) is 4.79 Å². The predicted molar refractivity (Wildman–Crippen MR) is 43.1 cm³/mol. The second kappa shape index (κ2) is 6.12. The molecule has 0 rings (SSSR count). The van der Waals surface area contributed by atoms with Gasteiger partial charge in [-0.3, -0.25) is 0 Å². The van der Waals surface area contributed by atoms with Crippen LogP contribution in [0.5, 0.6) is 0 Å². The summed E-state index contributed by atoms with van der Waals surface area (Å²) in [6.07, 6.45) is 1.51. The molecule has 0 saturated heterocycles. The van der Waals surface area contributed by atoms with E-state index >= 15 is 0 Å². The third kappa shape index (κ3) is 5.20. The van der Waals surface area contributed by atoms with Crippen molar-refractivity contribution >= 4 is 29.1 Å². The van der Waals surface area contributed by atoms with E-state index in [1.54, 1.807) is 0 Å². The molecule has 0 aromatic rings. The molecule has 0 aliphatic carbocycles. The van der Waals surface area contributed by atoms with Crippen LogP contribution in [0.2, 0.25) is 8.46 Å². The second-order valence-corrected chi connectivity index (χ2v) is 12.9. The maximum atomic E-state index is 10.8. The fourth-order valence-electron chi connectivity index (χ4n) is 0.571. The van der Waals surface area contributed by atoms with E-state index in [1.165, 1.54) is 0 Å². The van der Waals surface area contributed by atoms with Crippen LogP contribution in [0.25, 0.3) is 0 Å². The van der Waals surface area contributed by atoms with Crippen molar-refractivity contribution in [3.63, 3.8) is 0 Å². The van der Waals surface area contributed by atoms with Gasteiger partial charge in [0.25, 0.3) is 0 Å². The summed E-state index contributed by atoms with van der Waals surface area (Å²) in [5.74, 6) is 0.0264. The standard InChI is InChI=1S/C4H8O2.C2H5.CH3.Tl/c1-2-3-4(5)6;1-2;;/h2-3H2,1H3,(H,5,6);1H2,2H3;1H3;/q;;;+1/p-1. The van der Waals surface area contributed by atoms with Crippen LogP contribution in [-0.4, -0.2) is 29.1 Å². The van der Waals surface area contributed by atoms with E-state index < -0.39 is 23.2 Å². The molecule has 0 radical (unpaired) electrons. The molecule has 0 N–H and O–H groups in total. The third-order valence-corrected chi connectivity index (χ3v) is 8.42. The number of carbonyl (C=O) groups is 1. The molecule has 0 aliphatic rings. The van der Waals surface area contributed by atoms with Gasteiger partial charge in [-0.2, -0.15) is 0 Å². The van der Waals surface area contributed by atoms with Gasteiger partial charge in [0.2, 0.25) is 0 Å². The Bertz CT molecular complexity index is 104. The summed E-state index contributed by atoms with van der Waals surface area (Å²) in [5, 5.41) is 0. The van der Waals surface area contributed by atoms with Crippen LogP contribution in [-0.2, 0) is 7.48 Å². The molecular formula is C7H15O2Tl. The van der Waals surface area contributed by atoms with Crippen molar-refractivity contribution in [2.75, 3.05) is 0 Å². The van der Waals surface area contributed by atoms with Crippen molar-refractivity contribution in [3.8, 4) is 0 Å². The Morgan fingerprint density at radius 2 is 2.10 bits per heavy atom. The van der Waals surface area contributed by atoms with Gasteiger partial charge >= 0.3 is 71.8 Å². The summed E-state index contributed by atoms with van der Waals surface area (Å²) in [7, 11) is 0. The van der Waals surface area contributed by atoms with Crippen molar-refractivity contribution in [1.29, 1.82) is 0 Å². The molecule has 0 amide bonds. The van der Waals surface area contributed by atoms with Crippen LogP contribution < -0.4 is 0 Å². The Kier molecular flexibility index (Phi) is 6.36. The van der Waals surface area contributed by atoms with Crippen LogP contribution in [0.4, 0.5) is 0 Å². The van der Waals surface area contributed by atoms with Crippen molar-refractivity contribution in [1.82, 2.24) is 0 Å². The van der Waals surface area contributed by atoms with Gasteiger partial charge in [-0.25, -0.2) is 0 Å². The van der Waals surface area contributed by atoms with Crippen LogP contribution >= 0.6 is 0 Å². The Hall–Kier alpha value is 0.392. The number of hydrogen-bond acceptors (Lipinski definition) is 2. The van der Waals surface area contributed by atoms with E-state index in [2.05, 4.69) is 11.4 Å². The second-order valence-electron chi connectivity index (χ2n) is 2.46. The number of rotatable bonds is 4. The third-order valence-electron chi connectivity index (χ3n) is 1.36. The minimum absolute atomic E-state index is 0.0264. The zero-order valence-corrected chi connectivity index (χ0v) is 11.5. The first-order chi connectivity index (χ1) is 4.70. The zero-order valence-electron chi connectivity index (χ0n) is 7.02. The molecular weight excluding hydrogens is 320 g/mol. The van der Waals surface area contributed by atoms with Gasteiger partial charge < -0.3 is 0 Å². The van der Waals surface area contributed by atoms with Crippen molar-refractivity contribution in [3.05, 3.63) is 0 Å². The van der Waals surface area contributed by atoms with Crippen molar-refractivity contribution in [2.45, 2.75) is 35.2 Å². The summed E-state index contributed by atoms with van der Waals surface area (Å²) < 4.78 is 8.48. The summed E-state index contributed by atoms with van der Waals surface area (Å²) in [5.41, 5.74) is 0. The molecule has 0 fully saturated rings. The summed E-state index contributed by atoms with van der Waals surface area (Å²) in [6, 6.07) is 0. The van der Waals surface area contributed by atoms with Crippen LogP contribution in [0.1, 0.15) is 26.7 Å². The zero-order chi connectivity index (χ0) is 7.98. The Morgan fingerprint density at radius 1 is 1.50 bits per heavy atom. The maximum absolute atomic E-state index is 10.8. The molecule has 3 heteroatoms. The van der Waals surface area contributed by atoms with Gasteiger partial charge in [0.15, 0.2) is 0 Å². The quantitative estimate of drug-likeness (QED) is 0.734. The Balaban J connectivity index is 3.37. The number of carbonyl (C=O) groups excluding carboxylic acids is 1. The van der Waals surface area contributed by atoms with Crippen molar-refractivity contribution in [2.24, 2.45) is 0 Å². The molecule has 2 nitrogen and oxygen atoms in total. The molecule has 0 aliphatic heterocycles. The van der Waals surface area contributed by atoms with E-state index in [-0.39, 0.29) is 5.97 Å². The number of hydrogen-bond donors (Lipinski definition) is 0. The topological polar surface area (TPSA) is 26.3 Å². The minimum atomic E-state index is -1.84. The molecule has 0 aromatic carbocycles. The first kappa shape index (κ1) is 10.4. The predicted octanol–water partition coefficient (Wildman–Crippen LogP) is 1.97. The summed E-state index contributed by atoms with van der Waals surface area (Å²) in [6.45, 7) is 4.10. The van der Waals surface area contributed by atoms with Gasteiger partial charge in [-0.05, 0) is 0 Å². The normalized spacial score (nSPS) is 9.10. The van der Waals surface area contributed by atoms with Gasteiger partial charge in [-0.15, -0.1) is 0 Å². The molecule has 0 aromatic heterocycles. The van der Waals surface area contributed by atoms with Gasteiger partial charge in [0.1, 0.15) is 0 Å². The van der Waals surface area contributed by atoms with E-state index in [1.807, 2.05) is 6.92 Å². The van der Waals surface area contributed by atoms with E-state index in [0.29, 0.717) is 6.42 Å². The van der Waals surface area contributed by atoms with Crippen LogP contribution in [0.3, 0.4) is 0 Å². The van der Waals surface area contributed by atoms with Crippen LogP contribution in [0.15, 0.2) is 0 Å². The first-order valence-electron chi connectivity index (χ1n) is 3.90. The van der Waals surface area contributed by atoms with Gasteiger partial charge in [0.05, 0.1) is 0 Å². The molecule has 0 spiro atoms. The van der Waals surface area contributed by atoms with E-state index in [4.69, 9.17) is 2.69 Å². The monoisotopic (exact) mass is 336 g/mol. The fraction of sp³-hybridized carbons (Fsp3) is 0.857. The molecule has 0 saturated carbocycles. The van der Waals surface area contributed by atoms with Gasteiger partial charge in [0, 0.05) is 0 Å². The summed E-state index contributed by atoms with van der Waals surface area (Å²) in [4.78, 5) is 10.8. The van der Waals surface area contributed by atoms with Crippen molar-refractivity contribution < 1.29 is 7.48 Å². The molecule has 0 bridgehead atoms. The molecule has 10 heavy (non-hydrogen) atoms. The fourth-order valence-corrected chi connectivity index (χ4v) is 3.42. The SMILES string of the molecule is CCCC(=O)[O][Tl]([CH3])[CH2]C. The van der Waals surface area contributed by atoms with Crippen LogP contribution in [0, 0.1) is 0 Å². The first-order valence-corrected chi connectivity index (χ1v) is 13.4. The Morgan fingerprint density at radius 3 is 2.50 bits per heavy atom. The van der Waals surface area contributed by atoms with E-state index in [0.717, 1.165) is 10.4 Å². The summed E-state index contributed by atoms with van der Waals surface area (Å²) >= 11 is -1.84.